The minimum Gasteiger partial charge on any atom is -0.346 e. The molecule has 3 rings (SSSR count). The summed E-state index contributed by atoms with van der Waals surface area (Å²) in [6.45, 7) is 2.65. The summed E-state index contributed by atoms with van der Waals surface area (Å²) < 4.78 is 1.69. The molecule has 0 saturated carbocycles. The summed E-state index contributed by atoms with van der Waals surface area (Å²) in [4.78, 5) is 26.3. The van der Waals surface area contributed by atoms with Gasteiger partial charge in [-0.05, 0) is 24.6 Å². The van der Waals surface area contributed by atoms with Gasteiger partial charge >= 0.3 is 0 Å². The van der Waals surface area contributed by atoms with Crippen molar-refractivity contribution in [3.63, 3.8) is 0 Å². The van der Waals surface area contributed by atoms with Crippen molar-refractivity contribution in [2.75, 3.05) is 7.05 Å². The predicted molar refractivity (Wildman–Crippen MR) is 90.7 cm³/mol. The minimum absolute atomic E-state index is 0.00417. The van der Waals surface area contributed by atoms with Gasteiger partial charge in [-0.25, -0.2) is 0 Å². The Labute approximate surface area is 145 Å². The lowest BCUT2D eigenvalue weighted by Crippen LogP contribution is -2.38. The number of nitrogens with one attached hydrogen (secondary N) is 1. The van der Waals surface area contributed by atoms with Gasteiger partial charge in [-0.2, -0.15) is 5.10 Å². The summed E-state index contributed by atoms with van der Waals surface area (Å²) in [6, 6.07) is 6.85. The topological polar surface area (TPSA) is 67.2 Å². The first-order chi connectivity index (χ1) is 11.5. The molecule has 1 fully saturated rings. The standard InChI is InChI=1S/C17H19ClN4O2/c1-3-22-10-12(9-19-22)17(24)20-14-8-15(23)21(2)16(14)11-4-6-13(18)7-5-11/h4-7,9-10,14,16H,3,8H2,1-2H3,(H,20,24)/t14-,16-/m0/s1. The monoisotopic (exact) mass is 346 g/mol. The van der Waals surface area contributed by atoms with Gasteiger partial charge < -0.3 is 10.2 Å². The van der Waals surface area contributed by atoms with Crippen LogP contribution in [0.1, 0.15) is 35.3 Å². The molecule has 1 aliphatic heterocycles. The number of hydrogen-bond donors (Lipinski definition) is 1. The Morgan fingerprint density at radius 2 is 2.08 bits per heavy atom. The van der Waals surface area contributed by atoms with Gasteiger partial charge in [0.1, 0.15) is 0 Å². The first-order valence-electron chi connectivity index (χ1n) is 7.84. The SMILES string of the molecule is CCn1cc(C(=O)N[C@H]2CC(=O)N(C)[C@H]2c2ccc(Cl)cc2)cn1. The number of aromatic nitrogens is 2. The van der Waals surface area contributed by atoms with Gasteiger partial charge in [0.2, 0.25) is 5.91 Å². The van der Waals surface area contributed by atoms with Gasteiger partial charge in [0.25, 0.3) is 5.91 Å². The second kappa shape index (κ2) is 6.65. The molecule has 0 aliphatic carbocycles. The van der Waals surface area contributed by atoms with Crippen molar-refractivity contribution in [1.29, 1.82) is 0 Å². The average molecular weight is 347 g/mol. The molecule has 24 heavy (non-hydrogen) atoms. The molecule has 126 valence electrons. The van der Waals surface area contributed by atoms with Gasteiger partial charge in [-0.15, -0.1) is 0 Å². The fourth-order valence-corrected chi connectivity index (χ4v) is 3.15. The molecule has 1 N–H and O–H groups in total. The van der Waals surface area contributed by atoms with E-state index in [0.717, 1.165) is 5.56 Å². The third kappa shape index (κ3) is 3.14. The number of likely N-dealkylation sites (N-methyl/N-ethyl adjacent to an activating group) is 1. The molecule has 2 atom stereocenters. The Balaban J connectivity index is 1.81. The summed E-state index contributed by atoms with van der Waals surface area (Å²) in [5.41, 5.74) is 1.44. The first-order valence-corrected chi connectivity index (χ1v) is 8.22. The van der Waals surface area contributed by atoms with E-state index in [1.165, 1.54) is 6.20 Å². The number of carbonyl (C=O) groups is 2. The molecule has 1 aromatic heterocycles. The minimum atomic E-state index is -0.291. The van der Waals surface area contributed by atoms with Crippen molar-refractivity contribution < 1.29 is 9.59 Å². The first kappa shape index (κ1) is 16.5. The van der Waals surface area contributed by atoms with Crippen molar-refractivity contribution in [2.45, 2.75) is 32.0 Å². The van der Waals surface area contributed by atoms with Crippen LogP contribution in [0.4, 0.5) is 0 Å². The molecule has 1 aromatic carbocycles. The maximum Gasteiger partial charge on any atom is 0.254 e. The van der Waals surface area contributed by atoms with E-state index in [1.807, 2.05) is 19.1 Å². The highest BCUT2D eigenvalue weighted by atomic mass is 35.5. The predicted octanol–water partition coefficient (Wildman–Crippen LogP) is 2.26. The number of rotatable bonds is 4. The Kier molecular flexibility index (Phi) is 4.57. The number of amides is 2. The largest absolute Gasteiger partial charge is 0.346 e. The maximum atomic E-state index is 12.5. The summed E-state index contributed by atoms with van der Waals surface area (Å²) >= 11 is 5.94. The van der Waals surface area contributed by atoms with Crippen LogP contribution < -0.4 is 5.32 Å². The zero-order valence-corrected chi connectivity index (χ0v) is 14.3. The fraction of sp³-hybridized carbons (Fsp3) is 0.353. The summed E-state index contributed by atoms with van der Waals surface area (Å²) in [5, 5.41) is 7.72. The van der Waals surface area contributed by atoms with Crippen LogP contribution in [0.5, 0.6) is 0 Å². The Hall–Kier alpha value is -2.34. The van der Waals surface area contributed by atoms with E-state index in [1.54, 1.807) is 35.0 Å². The molecule has 0 bridgehead atoms. The lowest BCUT2D eigenvalue weighted by atomic mass is 10.00. The number of nitrogens with zero attached hydrogens (tertiary/aromatic N) is 3. The number of aryl methyl sites for hydroxylation is 1. The molecule has 2 heterocycles. The Morgan fingerprint density at radius 1 is 1.38 bits per heavy atom. The molecule has 0 spiro atoms. The van der Waals surface area contributed by atoms with E-state index >= 15 is 0 Å². The molecular weight excluding hydrogens is 328 g/mol. The highest BCUT2D eigenvalue weighted by Crippen LogP contribution is 2.32. The van der Waals surface area contributed by atoms with Gasteiger partial charge in [-0.3, -0.25) is 14.3 Å². The van der Waals surface area contributed by atoms with Gasteiger partial charge in [0.05, 0.1) is 23.8 Å². The highest BCUT2D eigenvalue weighted by molar-refractivity contribution is 6.30. The van der Waals surface area contributed by atoms with Crippen LogP contribution in [0.15, 0.2) is 36.7 Å². The van der Waals surface area contributed by atoms with E-state index in [2.05, 4.69) is 10.4 Å². The average Bonchev–Trinajstić information content (AvgIpc) is 3.15. The summed E-state index contributed by atoms with van der Waals surface area (Å²) in [5.74, 6) is -0.216. The summed E-state index contributed by atoms with van der Waals surface area (Å²) in [7, 11) is 1.75. The van der Waals surface area contributed by atoms with Crippen molar-refractivity contribution in [2.24, 2.45) is 0 Å². The van der Waals surface area contributed by atoms with Crippen LogP contribution in [-0.2, 0) is 11.3 Å². The molecule has 2 aromatic rings. The highest BCUT2D eigenvalue weighted by Gasteiger charge is 2.39. The van der Waals surface area contributed by atoms with Crippen molar-refractivity contribution in [3.8, 4) is 0 Å². The van der Waals surface area contributed by atoms with Crippen LogP contribution in [0.2, 0.25) is 5.02 Å². The van der Waals surface area contributed by atoms with Gasteiger partial charge in [0.15, 0.2) is 0 Å². The molecule has 0 unspecified atom stereocenters. The molecule has 0 radical (unpaired) electrons. The van der Waals surface area contributed by atoms with E-state index in [0.29, 0.717) is 17.1 Å². The van der Waals surface area contributed by atoms with E-state index < -0.39 is 0 Å². The van der Waals surface area contributed by atoms with E-state index in [-0.39, 0.29) is 30.3 Å². The normalized spacial score (nSPS) is 20.5. The van der Waals surface area contributed by atoms with Gasteiger partial charge in [-0.1, -0.05) is 23.7 Å². The fourth-order valence-electron chi connectivity index (χ4n) is 3.02. The van der Waals surface area contributed by atoms with E-state index in [9.17, 15) is 9.59 Å². The Morgan fingerprint density at radius 3 is 2.71 bits per heavy atom. The zero-order valence-electron chi connectivity index (χ0n) is 13.6. The number of carbonyl (C=O) groups excluding carboxylic acids is 2. The van der Waals surface area contributed by atoms with Crippen molar-refractivity contribution in [1.82, 2.24) is 20.0 Å². The lowest BCUT2D eigenvalue weighted by Gasteiger charge is -2.26. The second-order valence-electron chi connectivity index (χ2n) is 5.87. The molecule has 2 amide bonds. The Bertz CT molecular complexity index is 756. The lowest BCUT2D eigenvalue weighted by molar-refractivity contribution is -0.127. The molecule has 7 heteroatoms. The second-order valence-corrected chi connectivity index (χ2v) is 6.31. The number of likely N-dealkylation sites (tertiary alicyclic amines) is 1. The van der Waals surface area contributed by atoms with Crippen LogP contribution in [0.25, 0.3) is 0 Å². The number of halogens is 1. The van der Waals surface area contributed by atoms with Crippen LogP contribution in [-0.4, -0.2) is 39.6 Å². The third-order valence-electron chi connectivity index (χ3n) is 4.33. The summed E-state index contributed by atoms with van der Waals surface area (Å²) in [6.07, 6.45) is 3.52. The zero-order chi connectivity index (χ0) is 17.3. The molecule has 1 aliphatic rings. The van der Waals surface area contributed by atoms with Crippen LogP contribution >= 0.6 is 11.6 Å². The van der Waals surface area contributed by atoms with Crippen LogP contribution in [0.3, 0.4) is 0 Å². The third-order valence-corrected chi connectivity index (χ3v) is 4.59. The molecule has 6 nitrogen and oxygen atoms in total. The van der Waals surface area contributed by atoms with Crippen LogP contribution in [0, 0.1) is 0 Å². The van der Waals surface area contributed by atoms with Crippen molar-refractivity contribution in [3.05, 3.63) is 52.8 Å². The molecule has 1 saturated heterocycles. The smallest absolute Gasteiger partial charge is 0.254 e. The van der Waals surface area contributed by atoms with Crippen molar-refractivity contribution >= 4 is 23.4 Å². The number of benzene rings is 1. The maximum absolute atomic E-state index is 12.5. The van der Waals surface area contributed by atoms with E-state index in [4.69, 9.17) is 11.6 Å². The molecular formula is C17H19ClN4O2. The van der Waals surface area contributed by atoms with Gasteiger partial charge in [0, 0.05) is 31.2 Å². The number of hydrogen-bond acceptors (Lipinski definition) is 3. The quantitative estimate of drug-likeness (QED) is 0.923.